The zero-order valence-corrected chi connectivity index (χ0v) is 18.8. The lowest BCUT2D eigenvalue weighted by Crippen LogP contribution is -2.24. The molecule has 3 aromatic rings. The number of anilines is 2. The average molecular weight is 453 g/mol. The van der Waals surface area contributed by atoms with E-state index in [9.17, 15) is 14.4 Å². The van der Waals surface area contributed by atoms with Gasteiger partial charge in [-0.05, 0) is 30.7 Å². The van der Waals surface area contributed by atoms with Crippen molar-refractivity contribution in [1.29, 1.82) is 0 Å². The molecule has 166 valence electrons. The van der Waals surface area contributed by atoms with Crippen LogP contribution in [0.15, 0.2) is 58.5 Å². The van der Waals surface area contributed by atoms with Crippen LogP contribution in [-0.2, 0) is 21.8 Å². The third-order valence-electron chi connectivity index (χ3n) is 4.55. The van der Waals surface area contributed by atoms with E-state index in [1.165, 1.54) is 25.8 Å². The first kappa shape index (κ1) is 23.1. The van der Waals surface area contributed by atoms with Gasteiger partial charge in [-0.1, -0.05) is 42.1 Å². The first-order valence-electron chi connectivity index (χ1n) is 9.87. The van der Waals surface area contributed by atoms with Crippen molar-refractivity contribution in [3.05, 3.63) is 75.7 Å². The van der Waals surface area contributed by atoms with Gasteiger partial charge in [0.1, 0.15) is 5.75 Å². The Hall–Kier alpha value is -3.59. The maximum absolute atomic E-state index is 12.6. The first-order valence-corrected chi connectivity index (χ1v) is 10.9. The molecule has 0 aliphatic heterocycles. The van der Waals surface area contributed by atoms with E-state index in [0.717, 1.165) is 5.56 Å². The Morgan fingerprint density at radius 1 is 1.12 bits per heavy atom. The Morgan fingerprint density at radius 2 is 1.88 bits per heavy atom. The van der Waals surface area contributed by atoms with Crippen LogP contribution in [0.25, 0.3) is 0 Å². The number of aromatic amines is 1. The number of hydrogen-bond donors (Lipinski definition) is 3. The number of ether oxygens (including phenoxy) is 1. The Kier molecular flexibility index (Phi) is 7.67. The molecule has 0 radical (unpaired) electrons. The van der Waals surface area contributed by atoms with E-state index in [0.29, 0.717) is 39.3 Å². The predicted octanol–water partition coefficient (Wildman–Crippen LogP) is 3.52. The number of thioether (sulfide) groups is 1. The zero-order valence-electron chi connectivity index (χ0n) is 18.0. The molecule has 0 fully saturated rings. The molecule has 0 atom stereocenters. The molecule has 32 heavy (non-hydrogen) atoms. The normalized spacial score (nSPS) is 10.5. The van der Waals surface area contributed by atoms with Gasteiger partial charge in [-0.3, -0.25) is 14.4 Å². The molecule has 0 aliphatic rings. The second-order valence-electron chi connectivity index (χ2n) is 7.03. The predicted molar refractivity (Wildman–Crippen MR) is 125 cm³/mol. The monoisotopic (exact) mass is 452 g/mol. The minimum absolute atomic E-state index is 0.148. The summed E-state index contributed by atoms with van der Waals surface area (Å²) in [6.45, 7) is 3.11. The van der Waals surface area contributed by atoms with Crippen LogP contribution in [-0.4, -0.2) is 28.9 Å². The first-order chi connectivity index (χ1) is 15.4. The van der Waals surface area contributed by atoms with Crippen molar-refractivity contribution in [3.63, 3.8) is 0 Å². The van der Waals surface area contributed by atoms with Crippen molar-refractivity contribution in [3.8, 4) is 5.75 Å². The van der Waals surface area contributed by atoms with E-state index in [1.807, 2.05) is 30.3 Å². The molecule has 8 nitrogen and oxygen atoms in total. The number of aryl methyl sites for hydroxylation is 1. The van der Waals surface area contributed by atoms with E-state index in [4.69, 9.17) is 4.74 Å². The van der Waals surface area contributed by atoms with Crippen LogP contribution in [0, 0.1) is 6.92 Å². The minimum Gasteiger partial charge on any atom is -0.495 e. The van der Waals surface area contributed by atoms with Crippen molar-refractivity contribution in [1.82, 2.24) is 9.97 Å². The number of carbonyl (C=O) groups excluding carboxylic acids is 2. The van der Waals surface area contributed by atoms with Crippen molar-refractivity contribution in [2.75, 3.05) is 17.7 Å². The van der Waals surface area contributed by atoms with Gasteiger partial charge in [-0.15, -0.1) is 0 Å². The summed E-state index contributed by atoms with van der Waals surface area (Å²) in [5.41, 5.74) is 2.48. The number of nitrogens with one attached hydrogen (secondary N) is 3. The standard InChI is InChI=1S/C23H24N4O4S/c1-14-18(22(30)27-23(24-14)32-13-16-7-5-4-6-8-16)12-21(29)26-19-11-17(25-15(2)28)9-10-20(19)31-3/h4-11H,12-13H2,1-3H3,(H,25,28)(H,26,29)(H,24,27,30). The Bertz CT molecular complexity index is 1180. The fraction of sp³-hybridized carbons (Fsp3) is 0.217. The van der Waals surface area contributed by atoms with Crippen molar-refractivity contribution in [2.45, 2.75) is 31.2 Å². The van der Waals surface area contributed by atoms with E-state index in [1.54, 1.807) is 25.1 Å². The summed E-state index contributed by atoms with van der Waals surface area (Å²) in [7, 11) is 1.48. The smallest absolute Gasteiger partial charge is 0.255 e. The Labute approximate surface area is 189 Å². The van der Waals surface area contributed by atoms with Crippen molar-refractivity contribution >= 4 is 35.0 Å². The summed E-state index contributed by atoms with van der Waals surface area (Å²) in [4.78, 5) is 43.7. The number of amides is 2. The van der Waals surface area contributed by atoms with E-state index in [-0.39, 0.29) is 17.9 Å². The summed E-state index contributed by atoms with van der Waals surface area (Å²) >= 11 is 1.43. The van der Waals surface area contributed by atoms with Gasteiger partial charge in [-0.25, -0.2) is 4.98 Å². The molecular weight excluding hydrogens is 428 g/mol. The molecule has 1 aromatic heterocycles. The molecule has 0 unspecified atom stereocenters. The molecular formula is C23H24N4O4S. The topological polar surface area (TPSA) is 113 Å². The van der Waals surface area contributed by atoms with Gasteiger partial charge in [0.15, 0.2) is 5.16 Å². The summed E-state index contributed by atoms with van der Waals surface area (Å²) in [5.74, 6) is 0.478. The highest BCUT2D eigenvalue weighted by atomic mass is 32.2. The highest BCUT2D eigenvalue weighted by Gasteiger charge is 2.15. The van der Waals surface area contributed by atoms with Crippen LogP contribution in [0.1, 0.15) is 23.7 Å². The lowest BCUT2D eigenvalue weighted by atomic mass is 10.1. The third-order valence-corrected chi connectivity index (χ3v) is 5.49. The van der Waals surface area contributed by atoms with E-state index >= 15 is 0 Å². The van der Waals surface area contributed by atoms with Gasteiger partial charge in [0.25, 0.3) is 5.56 Å². The molecule has 0 spiro atoms. The molecule has 9 heteroatoms. The average Bonchev–Trinajstić information content (AvgIpc) is 2.75. The molecule has 1 heterocycles. The highest BCUT2D eigenvalue weighted by molar-refractivity contribution is 7.98. The van der Waals surface area contributed by atoms with Crippen LogP contribution in [0.4, 0.5) is 11.4 Å². The molecule has 3 rings (SSSR count). The minimum atomic E-state index is -0.400. The molecule has 0 bridgehead atoms. The van der Waals surface area contributed by atoms with Gasteiger partial charge in [0, 0.05) is 29.6 Å². The summed E-state index contributed by atoms with van der Waals surface area (Å²) < 4.78 is 5.27. The number of hydrogen-bond acceptors (Lipinski definition) is 6. The van der Waals surface area contributed by atoms with Crippen molar-refractivity contribution < 1.29 is 14.3 Å². The van der Waals surface area contributed by atoms with Crippen molar-refractivity contribution in [2.24, 2.45) is 0 Å². The van der Waals surface area contributed by atoms with Gasteiger partial charge in [0.05, 0.1) is 19.2 Å². The lowest BCUT2D eigenvalue weighted by Gasteiger charge is -2.13. The third kappa shape index (κ3) is 6.21. The zero-order chi connectivity index (χ0) is 23.1. The quantitative estimate of drug-likeness (QED) is 0.356. The lowest BCUT2D eigenvalue weighted by molar-refractivity contribution is -0.116. The van der Waals surface area contributed by atoms with Crippen LogP contribution >= 0.6 is 11.8 Å². The SMILES string of the molecule is COc1ccc(NC(C)=O)cc1NC(=O)Cc1c(C)nc(SCc2ccccc2)[nH]c1=O. The molecule has 2 amide bonds. The molecule has 0 saturated carbocycles. The second kappa shape index (κ2) is 10.6. The maximum Gasteiger partial charge on any atom is 0.255 e. The molecule has 0 saturated heterocycles. The largest absolute Gasteiger partial charge is 0.495 e. The molecule has 3 N–H and O–H groups in total. The number of carbonyl (C=O) groups is 2. The van der Waals surface area contributed by atoms with Crippen LogP contribution in [0.5, 0.6) is 5.75 Å². The molecule has 2 aromatic carbocycles. The van der Waals surface area contributed by atoms with Gasteiger partial charge >= 0.3 is 0 Å². The van der Waals surface area contributed by atoms with Crippen LogP contribution in [0.3, 0.4) is 0 Å². The second-order valence-corrected chi connectivity index (χ2v) is 7.99. The van der Waals surface area contributed by atoms with Gasteiger partial charge < -0.3 is 20.4 Å². The Morgan fingerprint density at radius 3 is 2.53 bits per heavy atom. The van der Waals surface area contributed by atoms with E-state index in [2.05, 4.69) is 20.6 Å². The fourth-order valence-electron chi connectivity index (χ4n) is 3.03. The van der Waals surface area contributed by atoms with E-state index < -0.39 is 5.91 Å². The van der Waals surface area contributed by atoms with Gasteiger partial charge in [0.2, 0.25) is 11.8 Å². The summed E-state index contributed by atoms with van der Waals surface area (Å²) in [5, 5.41) is 5.90. The summed E-state index contributed by atoms with van der Waals surface area (Å²) in [6, 6.07) is 14.8. The molecule has 0 aliphatic carbocycles. The number of H-pyrrole nitrogens is 1. The number of methoxy groups -OCH3 is 1. The highest BCUT2D eigenvalue weighted by Crippen LogP contribution is 2.28. The van der Waals surface area contributed by atoms with Crippen LogP contribution < -0.4 is 20.9 Å². The Balaban J connectivity index is 1.71. The number of benzene rings is 2. The number of rotatable bonds is 8. The fourth-order valence-corrected chi connectivity index (χ4v) is 3.89. The number of nitrogens with zero attached hydrogens (tertiary/aromatic N) is 1. The summed E-state index contributed by atoms with van der Waals surface area (Å²) in [6.07, 6.45) is -0.148. The van der Waals surface area contributed by atoms with Gasteiger partial charge in [-0.2, -0.15) is 0 Å². The number of aromatic nitrogens is 2. The maximum atomic E-state index is 12.6. The van der Waals surface area contributed by atoms with Crippen LogP contribution in [0.2, 0.25) is 0 Å².